The van der Waals surface area contributed by atoms with Crippen LogP contribution in [0.4, 0.5) is 11.6 Å². The topological polar surface area (TPSA) is 109 Å². The summed E-state index contributed by atoms with van der Waals surface area (Å²) in [5, 5.41) is 18.3. The van der Waals surface area contributed by atoms with Gasteiger partial charge in [-0.2, -0.15) is 10.1 Å². The second-order valence-electron chi connectivity index (χ2n) is 7.40. The van der Waals surface area contributed by atoms with Crippen molar-refractivity contribution in [2.24, 2.45) is 5.92 Å². The number of Topliss-reactive ketones (excluding diaryl/α,β-unsaturated/α-hetero) is 1. The highest BCUT2D eigenvalue weighted by molar-refractivity contribution is 5.82. The number of nitrogens with zero attached hydrogens (tertiary/aromatic N) is 3. The van der Waals surface area contributed by atoms with E-state index in [-0.39, 0.29) is 11.7 Å². The van der Waals surface area contributed by atoms with E-state index in [1.807, 2.05) is 56.3 Å². The number of rotatable bonds is 9. The number of fused-ring (bicyclic) bond motifs is 1. The molecule has 2 heterocycles. The Bertz CT molecular complexity index is 1130. The van der Waals surface area contributed by atoms with E-state index in [1.54, 1.807) is 6.20 Å². The highest BCUT2D eigenvalue weighted by atomic mass is 16.5. The lowest BCUT2D eigenvalue weighted by Gasteiger charge is -2.07. The van der Waals surface area contributed by atoms with Crippen molar-refractivity contribution in [3.05, 3.63) is 48.7 Å². The van der Waals surface area contributed by atoms with Crippen LogP contribution in [0.2, 0.25) is 0 Å². The van der Waals surface area contributed by atoms with Crippen molar-refractivity contribution in [3.63, 3.8) is 0 Å². The number of carbonyl (C=O) groups is 1. The standard InChI is InChI=1S/C22H24N6O2/c1-14(2)20(29)4-3-11-30-18-8-5-15(6-9-18)21-25-22(28-27-21)24-17-7-10-19-16(12-17)13-23-26-19/h5-10,12-14H,3-4,11H2,1-2H3,(H,23,26)(H2,24,25,27,28). The fraction of sp³-hybridized carbons (Fsp3) is 0.273. The Morgan fingerprint density at radius 2 is 1.97 bits per heavy atom. The minimum Gasteiger partial charge on any atom is -0.494 e. The van der Waals surface area contributed by atoms with Crippen LogP contribution in [0.25, 0.3) is 22.3 Å². The molecule has 2 aromatic carbocycles. The number of hydrogen-bond donors (Lipinski definition) is 3. The van der Waals surface area contributed by atoms with Gasteiger partial charge in [-0.3, -0.25) is 15.0 Å². The van der Waals surface area contributed by atoms with E-state index in [2.05, 4.69) is 30.7 Å². The fourth-order valence-corrected chi connectivity index (χ4v) is 3.03. The third-order valence-corrected chi connectivity index (χ3v) is 4.79. The molecular weight excluding hydrogens is 380 g/mol. The summed E-state index contributed by atoms with van der Waals surface area (Å²) >= 11 is 0. The smallest absolute Gasteiger partial charge is 0.246 e. The Labute approximate surface area is 174 Å². The van der Waals surface area contributed by atoms with Crippen LogP contribution < -0.4 is 10.1 Å². The van der Waals surface area contributed by atoms with Crippen LogP contribution in [0.1, 0.15) is 26.7 Å². The van der Waals surface area contributed by atoms with Gasteiger partial charge < -0.3 is 10.1 Å². The summed E-state index contributed by atoms with van der Waals surface area (Å²) in [5.41, 5.74) is 2.77. The van der Waals surface area contributed by atoms with E-state index in [0.29, 0.717) is 24.8 Å². The number of aromatic amines is 2. The largest absolute Gasteiger partial charge is 0.494 e. The number of aromatic nitrogens is 5. The zero-order valence-corrected chi connectivity index (χ0v) is 17.0. The second-order valence-corrected chi connectivity index (χ2v) is 7.40. The predicted molar refractivity (Wildman–Crippen MR) is 116 cm³/mol. The summed E-state index contributed by atoms with van der Waals surface area (Å²) in [6, 6.07) is 13.5. The number of ketones is 1. The SMILES string of the molecule is CC(C)C(=O)CCCOc1ccc(-c2nc(Nc3ccc4[nH]ncc4c3)n[nH]2)cc1. The maximum Gasteiger partial charge on any atom is 0.246 e. The molecule has 0 atom stereocenters. The molecule has 0 bridgehead atoms. The first-order chi connectivity index (χ1) is 14.6. The van der Waals surface area contributed by atoms with Gasteiger partial charge in [0.25, 0.3) is 0 Å². The normalized spacial score (nSPS) is 11.2. The first-order valence-electron chi connectivity index (χ1n) is 9.97. The van der Waals surface area contributed by atoms with Crippen molar-refractivity contribution in [3.8, 4) is 17.1 Å². The van der Waals surface area contributed by atoms with E-state index < -0.39 is 0 Å². The number of ether oxygens (including phenoxy) is 1. The molecule has 4 rings (SSSR count). The van der Waals surface area contributed by atoms with Crippen molar-refractivity contribution in [2.45, 2.75) is 26.7 Å². The predicted octanol–water partition coefficient (Wildman–Crippen LogP) is 4.48. The molecule has 30 heavy (non-hydrogen) atoms. The Kier molecular flexibility index (Phi) is 5.74. The summed E-state index contributed by atoms with van der Waals surface area (Å²) in [7, 11) is 0. The van der Waals surface area contributed by atoms with Gasteiger partial charge in [0.15, 0.2) is 5.82 Å². The Morgan fingerprint density at radius 3 is 2.77 bits per heavy atom. The van der Waals surface area contributed by atoms with Crippen LogP contribution in [-0.4, -0.2) is 37.8 Å². The van der Waals surface area contributed by atoms with E-state index in [9.17, 15) is 4.79 Å². The zero-order valence-electron chi connectivity index (χ0n) is 17.0. The van der Waals surface area contributed by atoms with Crippen LogP contribution in [-0.2, 0) is 4.79 Å². The quantitative estimate of drug-likeness (QED) is 0.355. The van der Waals surface area contributed by atoms with Crippen molar-refractivity contribution in [2.75, 3.05) is 11.9 Å². The van der Waals surface area contributed by atoms with Gasteiger partial charge in [-0.05, 0) is 48.9 Å². The molecule has 0 radical (unpaired) electrons. The summed E-state index contributed by atoms with van der Waals surface area (Å²) in [6.45, 7) is 4.37. The number of anilines is 2. The van der Waals surface area contributed by atoms with Gasteiger partial charge in [-0.1, -0.05) is 13.8 Å². The van der Waals surface area contributed by atoms with Gasteiger partial charge in [0.1, 0.15) is 11.5 Å². The molecule has 0 spiro atoms. The lowest BCUT2D eigenvalue weighted by Crippen LogP contribution is -2.08. The molecule has 0 unspecified atom stereocenters. The van der Waals surface area contributed by atoms with Crippen LogP contribution in [0.5, 0.6) is 5.75 Å². The molecule has 0 aliphatic heterocycles. The molecule has 3 N–H and O–H groups in total. The number of H-pyrrole nitrogens is 2. The Balaban J connectivity index is 1.33. The van der Waals surface area contributed by atoms with Crippen LogP contribution in [0.15, 0.2) is 48.7 Å². The van der Waals surface area contributed by atoms with Crippen LogP contribution in [0, 0.1) is 5.92 Å². The van der Waals surface area contributed by atoms with Crippen molar-refractivity contribution in [1.29, 1.82) is 0 Å². The van der Waals surface area contributed by atoms with Crippen molar-refractivity contribution >= 4 is 28.3 Å². The number of carbonyl (C=O) groups excluding carboxylic acids is 1. The fourth-order valence-electron chi connectivity index (χ4n) is 3.03. The van der Waals surface area contributed by atoms with Crippen molar-refractivity contribution < 1.29 is 9.53 Å². The molecule has 0 saturated carbocycles. The third kappa shape index (κ3) is 4.65. The molecule has 0 fully saturated rings. The maximum atomic E-state index is 11.6. The molecule has 0 aliphatic carbocycles. The number of benzene rings is 2. The van der Waals surface area contributed by atoms with Gasteiger partial charge >= 0.3 is 0 Å². The van der Waals surface area contributed by atoms with Gasteiger partial charge in [-0.15, -0.1) is 5.10 Å². The third-order valence-electron chi connectivity index (χ3n) is 4.79. The number of nitrogens with one attached hydrogen (secondary N) is 3. The van der Waals surface area contributed by atoms with E-state index >= 15 is 0 Å². The summed E-state index contributed by atoms with van der Waals surface area (Å²) in [5.74, 6) is 2.27. The monoisotopic (exact) mass is 404 g/mol. The van der Waals surface area contributed by atoms with Crippen LogP contribution in [0.3, 0.4) is 0 Å². The van der Waals surface area contributed by atoms with Gasteiger partial charge in [0.05, 0.1) is 18.3 Å². The van der Waals surface area contributed by atoms with Crippen molar-refractivity contribution in [1.82, 2.24) is 25.4 Å². The zero-order chi connectivity index (χ0) is 20.9. The van der Waals surface area contributed by atoms with E-state index in [4.69, 9.17) is 4.74 Å². The van der Waals surface area contributed by atoms with Crippen LogP contribution >= 0.6 is 0 Å². The average molecular weight is 404 g/mol. The molecule has 2 aromatic heterocycles. The molecule has 0 saturated heterocycles. The van der Waals surface area contributed by atoms with Gasteiger partial charge in [0.2, 0.25) is 5.95 Å². The van der Waals surface area contributed by atoms with Gasteiger partial charge in [0, 0.05) is 29.0 Å². The average Bonchev–Trinajstić information content (AvgIpc) is 3.40. The second kappa shape index (κ2) is 8.77. The Hall–Kier alpha value is -3.68. The first kappa shape index (κ1) is 19.6. The minimum absolute atomic E-state index is 0.0825. The van der Waals surface area contributed by atoms with E-state index in [0.717, 1.165) is 34.3 Å². The molecule has 154 valence electrons. The minimum atomic E-state index is 0.0825. The number of hydrogen-bond acceptors (Lipinski definition) is 6. The highest BCUT2D eigenvalue weighted by Gasteiger charge is 2.08. The lowest BCUT2D eigenvalue weighted by atomic mass is 10.1. The lowest BCUT2D eigenvalue weighted by molar-refractivity contribution is -0.122. The molecule has 8 heteroatoms. The molecule has 0 amide bonds. The highest BCUT2D eigenvalue weighted by Crippen LogP contribution is 2.23. The molecule has 0 aliphatic rings. The summed E-state index contributed by atoms with van der Waals surface area (Å²) in [6.07, 6.45) is 3.05. The summed E-state index contributed by atoms with van der Waals surface area (Å²) < 4.78 is 5.72. The molecule has 8 nitrogen and oxygen atoms in total. The maximum absolute atomic E-state index is 11.6. The molecule has 4 aromatic rings. The molecular formula is C22H24N6O2. The van der Waals surface area contributed by atoms with Gasteiger partial charge in [-0.25, -0.2) is 0 Å². The van der Waals surface area contributed by atoms with E-state index in [1.165, 1.54) is 0 Å². The summed E-state index contributed by atoms with van der Waals surface area (Å²) in [4.78, 5) is 16.1. The first-order valence-corrected chi connectivity index (χ1v) is 9.97. The Morgan fingerprint density at radius 1 is 1.13 bits per heavy atom.